The molecule has 1 aromatic carbocycles. The van der Waals surface area contributed by atoms with Gasteiger partial charge in [-0.25, -0.2) is 4.98 Å². The van der Waals surface area contributed by atoms with Crippen molar-refractivity contribution in [3.8, 4) is 17.6 Å². The number of nitrogens with one attached hydrogen (secondary N) is 3. The molecule has 1 aromatic heterocycles. The number of anilines is 4. The molecular formula is C26H33N7O4. The Morgan fingerprint density at radius 3 is 2.68 bits per heavy atom. The van der Waals surface area contributed by atoms with E-state index in [-0.39, 0.29) is 17.7 Å². The topological polar surface area (TPSA) is 129 Å². The van der Waals surface area contributed by atoms with Gasteiger partial charge in [0.15, 0.2) is 5.82 Å². The summed E-state index contributed by atoms with van der Waals surface area (Å²) in [7, 11) is 3.24. The first-order chi connectivity index (χ1) is 17.8. The summed E-state index contributed by atoms with van der Waals surface area (Å²) in [6.07, 6.45) is 2.81. The molecule has 1 aliphatic heterocycles. The Hall–Kier alpha value is -4.33. The van der Waals surface area contributed by atoms with Crippen molar-refractivity contribution in [2.24, 2.45) is 0 Å². The van der Waals surface area contributed by atoms with Gasteiger partial charge in [0.1, 0.15) is 17.5 Å². The molecule has 0 spiro atoms. The summed E-state index contributed by atoms with van der Waals surface area (Å²) in [5.41, 5.74) is 1.67. The zero-order valence-corrected chi connectivity index (χ0v) is 21.8. The summed E-state index contributed by atoms with van der Waals surface area (Å²) >= 11 is 0. The first kappa shape index (κ1) is 27.3. The minimum absolute atomic E-state index is 0.0391. The lowest BCUT2D eigenvalue weighted by atomic mass is 10.1. The van der Waals surface area contributed by atoms with Crippen molar-refractivity contribution in [2.75, 3.05) is 48.9 Å². The molecule has 11 heteroatoms. The third-order valence-corrected chi connectivity index (χ3v) is 5.91. The average Bonchev–Trinajstić information content (AvgIpc) is 2.89. The highest BCUT2D eigenvalue weighted by Gasteiger charge is 2.36. The van der Waals surface area contributed by atoms with Crippen LogP contribution in [-0.4, -0.2) is 67.5 Å². The Morgan fingerprint density at radius 1 is 1.22 bits per heavy atom. The van der Waals surface area contributed by atoms with Gasteiger partial charge < -0.3 is 30.5 Å². The maximum atomic E-state index is 13.0. The Morgan fingerprint density at radius 2 is 2.00 bits per heavy atom. The van der Waals surface area contributed by atoms with Crippen molar-refractivity contribution in [1.82, 2.24) is 20.6 Å². The van der Waals surface area contributed by atoms with Gasteiger partial charge in [-0.1, -0.05) is 12.8 Å². The molecule has 3 rings (SSSR count). The first-order valence-corrected chi connectivity index (χ1v) is 12.2. The van der Waals surface area contributed by atoms with Crippen LogP contribution in [0, 0.1) is 11.8 Å². The van der Waals surface area contributed by atoms with E-state index in [1.165, 1.54) is 7.11 Å². The minimum atomic E-state index is -0.391. The van der Waals surface area contributed by atoms with Crippen molar-refractivity contribution in [3.05, 3.63) is 30.0 Å². The van der Waals surface area contributed by atoms with E-state index in [4.69, 9.17) is 9.72 Å². The van der Waals surface area contributed by atoms with Crippen molar-refractivity contribution in [2.45, 2.75) is 39.7 Å². The van der Waals surface area contributed by atoms with Crippen LogP contribution in [0.3, 0.4) is 0 Å². The molecular weight excluding hydrogens is 474 g/mol. The van der Waals surface area contributed by atoms with Gasteiger partial charge in [0.25, 0.3) is 11.8 Å². The molecule has 11 nitrogen and oxygen atoms in total. The molecule has 0 saturated carbocycles. The smallest absolute Gasteiger partial charge is 0.295 e. The van der Waals surface area contributed by atoms with Gasteiger partial charge in [0.2, 0.25) is 11.9 Å². The van der Waals surface area contributed by atoms with E-state index in [0.29, 0.717) is 66.9 Å². The lowest BCUT2D eigenvalue weighted by Gasteiger charge is -2.40. The molecule has 37 heavy (non-hydrogen) atoms. The van der Waals surface area contributed by atoms with Crippen LogP contribution in [0.25, 0.3) is 0 Å². The van der Waals surface area contributed by atoms with E-state index in [1.807, 2.05) is 18.7 Å². The maximum absolute atomic E-state index is 13.0. The van der Waals surface area contributed by atoms with Crippen LogP contribution in [0.15, 0.2) is 24.4 Å². The van der Waals surface area contributed by atoms with E-state index in [9.17, 15) is 14.4 Å². The van der Waals surface area contributed by atoms with E-state index >= 15 is 0 Å². The first-order valence-electron chi connectivity index (χ1n) is 12.2. The number of carbonyl (C=O) groups excluding carboxylic acids is 3. The fraction of sp³-hybridized carbons (Fsp3) is 0.423. The fourth-order valence-electron chi connectivity index (χ4n) is 4.08. The molecule has 2 aromatic rings. The maximum Gasteiger partial charge on any atom is 0.295 e. The van der Waals surface area contributed by atoms with Gasteiger partial charge in [-0.05, 0) is 50.8 Å². The van der Waals surface area contributed by atoms with Crippen LogP contribution in [0.1, 0.15) is 44.0 Å². The number of aromatic nitrogens is 2. The van der Waals surface area contributed by atoms with Crippen LogP contribution in [0.5, 0.6) is 5.75 Å². The van der Waals surface area contributed by atoms with Gasteiger partial charge in [-0.3, -0.25) is 14.4 Å². The predicted molar refractivity (Wildman–Crippen MR) is 142 cm³/mol. The number of nitrogens with zero attached hydrogens (tertiary/aromatic N) is 4. The van der Waals surface area contributed by atoms with Gasteiger partial charge in [0.05, 0.1) is 19.0 Å². The zero-order chi connectivity index (χ0) is 26.9. The summed E-state index contributed by atoms with van der Waals surface area (Å²) in [4.78, 5) is 49.6. The molecule has 0 fully saturated rings. The number of amides is 3. The van der Waals surface area contributed by atoms with E-state index in [2.05, 4.69) is 32.8 Å². The molecule has 0 radical (unpaired) electrons. The minimum Gasteiger partial charge on any atom is -0.495 e. The quantitative estimate of drug-likeness (QED) is 0.329. The molecule has 0 saturated heterocycles. The number of ether oxygens (including phenoxy) is 1. The highest BCUT2D eigenvalue weighted by atomic mass is 16.5. The fourth-order valence-corrected chi connectivity index (χ4v) is 4.08. The van der Waals surface area contributed by atoms with Crippen molar-refractivity contribution >= 4 is 40.9 Å². The number of rotatable bonds is 10. The van der Waals surface area contributed by atoms with Gasteiger partial charge in [-0.15, -0.1) is 0 Å². The number of methoxy groups -OCH3 is 1. The molecule has 196 valence electrons. The standard InChI is InChI=1S/C26H33N7O4/c1-6-10-22(34)28-13-9-14-33-19(7-2)25(36)32(4)20-16-29-26(31-23(20)33)30-18-12-11-17(15-21(18)37-5)24(35)27-8-3/h11-12,15-16,19H,7-9,13-14H2,1-5H3,(H,27,35)(H,28,34)(H,29,30,31). The Balaban J connectivity index is 1.87. The van der Waals surface area contributed by atoms with Gasteiger partial charge in [-0.2, -0.15) is 4.98 Å². The monoisotopic (exact) mass is 507 g/mol. The van der Waals surface area contributed by atoms with Crippen molar-refractivity contribution < 1.29 is 19.1 Å². The molecule has 3 amide bonds. The van der Waals surface area contributed by atoms with Crippen LogP contribution in [0.4, 0.5) is 23.1 Å². The third-order valence-electron chi connectivity index (χ3n) is 5.91. The van der Waals surface area contributed by atoms with E-state index < -0.39 is 6.04 Å². The van der Waals surface area contributed by atoms with Crippen LogP contribution >= 0.6 is 0 Å². The molecule has 0 bridgehead atoms. The van der Waals surface area contributed by atoms with Gasteiger partial charge >= 0.3 is 0 Å². The SMILES string of the molecule is CC#CC(=O)NCCCN1c2nc(Nc3ccc(C(=O)NCC)cc3OC)ncc2N(C)C(=O)C1CC. The molecule has 1 atom stereocenters. The number of carbonyl (C=O) groups is 3. The summed E-state index contributed by atoms with van der Waals surface area (Å²) in [6.45, 7) is 6.87. The molecule has 0 aliphatic carbocycles. The lowest BCUT2D eigenvalue weighted by molar-refractivity contribution is -0.120. The normalized spacial score (nSPS) is 14.3. The largest absolute Gasteiger partial charge is 0.495 e. The highest BCUT2D eigenvalue weighted by Crippen LogP contribution is 2.36. The van der Waals surface area contributed by atoms with Crippen molar-refractivity contribution in [1.29, 1.82) is 0 Å². The van der Waals surface area contributed by atoms with Crippen LogP contribution in [-0.2, 0) is 9.59 Å². The number of hydrogen-bond donors (Lipinski definition) is 3. The highest BCUT2D eigenvalue weighted by molar-refractivity contribution is 6.04. The summed E-state index contributed by atoms with van der Waals surface area (Å²) in [6, 6.07) is 4.68. The third kappa shape index (κ3) is 6.27. The zero-order valence-electron chi connectivity index (χ0n) is 21.8. The molecule has 3 N–H and O–H groups in total. The van der Waals surface area contributed by atoms with Crippen LogP contribution < -0.4 is 30.5 Å². The average molecular weight is 508 g/mol. The Kier molecular flexibility index (Phi) is 9.27. The predicted octanol–water partition coefficient (Wildman–Crippen LogP) is 2.07. The summed E-state index contributed by atoms with van der Waals surface area (Å²) in [5, 5.41) is 8.69. The Labute approximate surface area is 217 Å². The van der Waals surface area contributed by atoms with E-state index in [1.54, 1.807) is 43.3 Å². The lowest BCUT2D eigenvalue weighted by Crippen LogP contribution is -2.53. The number of likely N-dealkylation sites (N-methyl/N-ethyl adjacent to an activating group) is 1. The number of benzene rings is 1. The Bertz CT molecular complexity index is 1220. The van der Waals surface area contributed by atoms with Gasteiger partial charge in [0, 0.05) is 32.2 Å². The second-order valence-electron chi connectivity index (χ2n) is 8.30. The molecule has 1 aliphatic rings. The second kappa shape index (κ2) is 12.6. The molecule has 2 heterocycles. The summed E-state index contributed by atoms with van der Waals surface area (Å²) in [5.74, 6) is 5.86. The van der Waals surface area contributed by atoms with Crippen molar-refractivity contribution in [3.63, 3.8) is 0 Å². The summed E-state index contributed by atoms with van der Waals surface area (Å²) < 4.78 is 5.48. The molecule has 1 unspecified atom stereocenters. The van der Waals surface area contributed by atoms with Crippen LogP contribution in [0.2, 0.25) is 0 Å². The van der Waals surface area contributed by atoms with E-state index in [0.717, 1.165) is 0 Å². The number of hydrogen-bond acceptors (Lipinski definition) is 8. The second-order valence-corrected chi connectivity index (χ2v) is 8.30. The number of fused-ring (bicyclic) bond motifs is 1.